The Kier molecular flexibility index (Phi) is 7.52. The lowest BCUT2D eigenvalue weighted by Gasteiger charge is -2.06. The number of rotatable bonds is 7. The third-order valence-electron chi connectivity index (χ3n) is 3.19. The molecule has 126 valence electrons. The van der Waals surface area contributed by atoms with Gasteiger partial charge in [-0.2, -0.15) is 4.68 Å². The number of hydrogen-bond acceptors (Lipinski definition) is 5. The Hall–Kier alpha value is -1.60. The van der Waals surface area contributed by atoms with Gasteiger partial charge in [-0.15, -0.1) is 17.5 Å². The molecule has 0 amide bonds. The maximum atomic E-state index is 5.87. The summed E-state index contributed by atoms with van der Waals surface area (Å²) >= 11 is 7.50. The lowest BCUT2D eigenvalue weighted by Crippen LogP contribution is -2.16. The maximum Gasteiger partial charge on any atom is 0.214 e. The van der Waals surface area contributed by atoms with Crippen LogP contribution in [0.25, 0.3) is 5.69 Å². The molecule has 0 aliphatic carbocycles. The fraction of sp³-hybridized carbons (Fsp3) is 0.188. The molecule has 0 spiro atoms. The average Bonchev–Trinajstić information content (AvgIpc) is 3.05. The van der Waals surface area contributed by atoms with Crippen LogP contribution in [0.15, 0.2) is 59.8 Å². The van der Waals surface area contributed by atoms with Crippen LogP contribution in [0.2, 0.25) is 5.02 Å². The second-order valence-corrected chi connectivity index (χ2v) is 6.36. The largest absolute Gasteiger partial charge is 0.312 e. The zero-order chi connectivity index (χ0) is 15.9. The van der Waals surface area contributed by atoms with Gasteiger partial charge in [0.15, 0.2) is 0 Å². The van der Waals surface area contributed by atoms with Crippen molar-refractivity contribution in [2.24, 2.45) is 0 Å². The second kappa shape index (κ2) is 9.64. The summed E-state index contributed by atoms with van der Waals surface area (Å²) in [5, 5.41) is 16.8. The van der Waals surface area contributed by atoms with Crippen molar-refractivity contribution in [3.63, 3.8) is 0 Å². The van der Waals surface area contributed by atoms with Crippen LogP contribution in [-0.2, 0) is 6.54 Å². The first-order chi connectivity index (χ1) is 11.3. The molecular weight excluding hydrogens is 365 g/mol. The summed E-state index contributed by atoms with van der Waals surface area (Å²) in [7, 11) is 0. The molecule has 0 saturated heterocycles. The monoisotopic (exact) mass is 381 g/mol. The maximum absolute atomic E-state index is 5.87. The van der Waals surface area contributed by atoms with Gasteiger partial charge in [0.05, 0.1) is 5.69 Å². The van der Waals surface area contributed by atoms with Crippen LogP contribution < -0.4 is 5.32 Å². The van der Waals surface area contributed by atoms with Gasteiger partial charge in [0.2, 0.25) is 5.16 Å². The highest BCUT2D eigenvalue weighted by Crippen LogP contribution is 2.17. The smallest absolute Gasteiger partial charge is 0.214 e. The lowest BCUT2D eigenvalue weighted by molar-refractivity contribution is 0.728. The molecule has 2 aromatic carbocycles. The summed E-state index contributed by atoms with van der Waals surface area (Å²) in [4.78, 5) is 0. The molecule has 3 rings (SSSR count). The predicted octanol–water partition coefficient (Wildman–Crippen LogP) is 3.62. The quantitative estimate of drug-likeness (QED) is 0.500. The number of hydrogen-bond donors (Lipinski definition) is 1. The highest BCUT2D eigenvalue weighted by atomic mass is 35.5. The van der Waals surface area contributed by atoms with Crippen LogP contribution in [0.1, 0.15) is 5.56 Å². The molecule has 24 heavy (non-hydrogen) atoms. The van der Waals surface area contributed by atoms with Gasteiger partial charge in [-0.3, -0.25) is 0 Å². The summed E-state index contributed by atoms with van der Waals surface area (Å²) in [5.41, 5.74) is 2.18. The molecule has 0 fully saturated rings. The number of benzene rings is 2. The first-order valence-electron chi connectivity index (χ1n) is 7.25. The van der Waals surface area contributed by atoms with Gasteiger partial charge in [-0.1, -0.05) is 53.7 Å². The van der Waals surface area contributed by atoms with Gasteiger partial charge in [0.1, 0.15) is 0 Å². The Morgan fingerprint density at radius 3 is 2.54 bits per heavy atom. The predicted molar refractivity (Wildman–Crippen MR) is 100 cm³/mol. The molecule has 1 N–H and O–H groups in total. The standard InChI is InChI=1S/C16H16ClN5S.ClH/c17-14-8-6-13(7-9-14)12-18-10-11-23-16-19-20-21-22(16)15-4-2-1-3-5-15;/h1-9,18H,10-12H2;1H. The summed E-state index contributed by atoms with van der Waals surface area (Å²) in [6.07, 6.45) is 0. The van der Waals surface area contributed by atoms with Crippen molar-refractivity contribution in [3.05, 3.63) is 65.2 Å². The van der Waals surface area contributed by atoms with E-state index >= 15 is 0 Å². The van der Waals surface area contributed by atoms with Gasteiger partial charge < -0.3 is 5.32 Å². The Morgan fingerprint density at radius 1 is 1.04 bits per heavy atom. The van der Waals surface area contributed by atoms with Crippen LogP contribution in [0.5, 0.6) is 0 Å². The molecule has 8 heteroatoms. The number of para-hydroxylation sites is 1. The van der Waals surface area contributed by atoms with Crippen molar-refractivity contribution in [3.8, 4) is 5.69 Å². The molecule has 0 aliphatic heterocycles. The van der Waals surface area contributed by atoms with Gasteiger partial charge in [0.25, 0.3) is 0 Å². The van der Waals surface area contributed by atoms with Gasteiger partial charge in [-0.05, 0) is 40.3 Å². The molecule has 0 bridgehead atoms. The molecule has 1 aromatic heterocycles. The second-order valence-electron chi connectivity index (χ2n) is 4.86. The Balaban J connectivity index is 0.00000208. The van der Waals surface area contributed by atoms with Crippen LogP contribution in [0, 0.1) is 0 Å². The number of aromatic nitrogens is 4. The van der Waals surface area contributed by atoms with E-state index in [2.05, 4.69) is 20.8 Å². The van der Waals surface area contributed by atoms with E-state index in [-0.39, 0.29) is 12.4 Å². The number of tetrazole rings is 1. The Labute approximate surface area is 156 Å². The van der Waals surface area contributed by atoms with E-state index in [9.17, 15) is 0 Å². The van der Waals surface area contributed by atoms with E-state index in [0.717, 1.165) is 34.7 Å². The minimum absolute atomic E-state index is 0. The Morgan fingerprint density at radius 2 is 1.79 bits per heavy atom. The fourth-order valence-electron chi connectivity index (χ4n) is 2.05. The number of nitrogens with zero attached hydrogens (tertiary/aromatic N) is 4. The third-order valence-corrected chi connectivity index (χ3v) is 4.37. The van der Waals surface area contributed by atoms with Crippen molar-refractivity contribution < 1.29 is 0 Å². The van der Waals surface area contributed by atoms with Gasteiger partial charge >= 0.3 is 0 Å². The topological polar surface area (TPSA) is 55.6 Å². The average molecular weight is 382 g/mol. The lowest BCUT2D eigenvalue weighted by atomic mass is 10.2. The molecule has 0 unspecified atom stereocenters. The van der Waals surface area contributed by atoms with E-state index < -0.39 is 0 Å². The molecule has 3 aromatic rings. The number of thioether (sulfide) groups is 1. The van der Waals surface area contributed by atoms with E-state index in [1.54, 1.807) is 16.4 Å². The van der Waals surface area contributed by atoms with E-state index in [0.29, 0.717) is 0 Å². The molecular formula is C16H17Cl2N5S. The van der Waals surface area contributed by atoms with Crippen LogP contribution in [0.4, 0.5) is 0 Å². The van der Waals surface area contributed by atoms with Crippen molar-refractivity contribution in [2.45, 2.75) is 11.7 Å². The number of halogens is 2. The Bertz CT molecular complexity index is 734. The summed E-state index contributed by atoms with van der Waals surface area (Å²) in [5.74, 6) is 0.890. The highest BCUT2D eigenvalue weighted by molar-refractivity contribution is 7.99. The third kappa shape index (κ3) is 5.21. The van der Waals surface area contributed by atoms with Crippen molar-refractivity contribution in [1.82, 2.24) is 25.5 Å². The highest BCUT2D eigenvalue weighted by Gasteiger charge is 2.07. The minimum Gasteiger partial charge on any atom is -0.312 e. The summed E-state index contributed by atoms with van der Waals surface area (Å²) < 4.78 is 1.75. The first-order valence-corrected chi connectivity index (χ1v) is 8.61. The van der Waals surface area contributed by atoms with Gasteiger partial charge in [0, 0.05) is 23.9 Å². The van der Waals surface area contributed by atoms with Crippen LogP contribution in [-0.4, -0.2) is 32.5 Å². The van der Waals surface area contributed by atoms with E-state index in [1.807, 2.05) is 54.6 Å². The molecule has 5 nitrogen and oxygen atoms in total. The van der Waals surface area contributed by atoms with Crippen molar-refractivity contribution in [1.29, 1.82) is 0 Å². The first kappa shape index (κ1) is 18.7. The molecule has 1 heterocycles. The molecule has 0 atom stereocenters. The SMILES string of the molecule is Cl.Clc1ccc(CNCCSc2nnnn2-c2ccccc2)cc1. The van der Waals surface area contributed by atoms with E-state index in [4.69, 9.17) is 11.6 Å². The summed E-state index contributed by atoms with van der Waals surface area (Å²) in [6, 6.07) is 17.7. The molecule has 0 saturated carbocycles. The minimum atomic E-state index is 0. The van der Waals surface area contributed by atoms with Crippen LogP contribution >= 0.6 is 35.8 Å². The molecule has 0 aliphatic rings. The normalized spacial score (nSPS) is 10.4. The van der Waals surface area contributed by atoms with Crippen LogP contribution in [0.3, 0.4) is 0 Å². The number of nitrogens with one attached hydrogen (secondary N) is 1. The van der Waals surface area contributed by atoms with Crippen molar-refractivity contribution >= 4 is 35.8 Å². The zero-order valence-corrected chi connectivity index (χ0v) is 15.2. The fourth-order valence-corrected chi connectivity index (χ4v) is 2.96. The summed E-state index contributed by atoms with van der Waals surface area (Å²) in [6.45, 7) is 1.69. The molecule has 0 radical (unpaired) electrons. The van der Waals surface area contributed by atoms with Gasteiger partial charge in [-0.25, -0.2) is 0 Å². The van der Waals surface area contributed by atoms with E-state index in [1.165, 1.54) is 5.56 Å². The zero-order valence-electron chi connectivity index (χ0n) is 12.8. The van der Waals surface area contributed by atoms with Crippen molar-refractivity contribution in [2.75, 3.05) is 12.3 Å².